The van der Waals surface area contributed by atoms with Gasteiger partial charge < -0.3 is 10.1 Å². The molecule has 0 atom stereocenters. The number of nitrogens with one attached hydrogen (secondary N) is 1. The van der Waals surface area contributed by atoms with E-state index in [9.17, 15) is 9.59 Å². The van der Waals surface area contributed by atoms with Crippen LogP contribution in [-0.4, -0.2) is 43.0 Å². The molecule has 5 nitrogen and oxygen atoms in total. The van der Waals surface area contributed by atoms with Crippen molar-refractivity contribution < 1.29 is 14.3 Å². The van der Waals surface area contributed by atoms with E-state index in [0.29, 0.717) is 13.2 Å². The number of ether oxygens (including phenoxy) is 1. The summed E-state index contributed by atoms with van der Waals surface area (Å²) in [5.41, 5.74) is 1.98. The molecule has 0 aliphatic carbocycles. The predicted octanol–water partition coefficient (Wildman–Crippen LogP) is 2.21. The molecule has 1 aromatic rings. The van der Waals surface area contributed by atoms with Crippen molar-refractivity contribution in [1.82, 2.24) is 4.90 Å². The fourth-order valence-corrected chi connectivity index (χ4v) is 2.63. The summed E-state index contributed by atoms with van der Waals surface area (Å²) in [5, 5.41) is 2.90. The van der Waals surface area contributed by atoms with Crippen LogP contribution in [0.3, 0.4) is 0 Å². The van der Waals surface area contributed by atoms with E-state index in [4.69, 9.17) is 4.74 Å². The number of anilines is 1. The lowest BCUT2D eigenvalue weighted by Gasteiger charge is -2.30. The van der Waals surface area contributed by atoms with Gasteiger partial charge in [-0.15, -0.1) is 0 Å². The lowest BCUT2D eigenvalue weighted by atomic mass is 9.97. The van der Waals surface area contributed by atoms with Gasteiger partial charge in [-0.05, 0) is 51.9 Å². The molecule has 0 saturated carbocycles. The van der Waals surface area contributed by atoms with E-state index < -0.39 is 0 Å². The van der Waals surface area contributed by atoms with Crippen LogP contribution in [0.5, 0.6) is 0 Å². The first-order valence-corrected chi connectivity index (χ1v) is 7.84. The summed E-state index contributed by atoms with van der Waals surface area (Å²) < 4.78 is 5.05. The van der Waals surface area contributed by atoms with Crippen molar-refractivity contribution in [3.05, 3.63) is 29.8 Å². The first-order chi connectivity index (χ1) is 10.6. The second-order valence-corrected chi connectivity index (χ2v) is 5.72. The molecule has 0 spiro atoms. The maximum absolute atomic E-state index is 12.0. The van der Waals surface area contributed by atoms with Crippen LogP contribution in [0.15, 0.2) is 24.3 Å². The Bertz CT molecular complexity index is 505. The van der Waals surface area contributed by atoms with Crippen LogP contribution < -0.4 is 5.32 Å². The van der Waals surface area contributed by atoms with Crippen molar-refractivity contribution in [2.45, 2.75) is 26.7 Å². The largest absolute Gasteiger partial charge is 0.466 e. The molecule has 1 fully saturated rings. The average molecular weight is 304 g/mol. The molecule has 120 valence electrons. The van der Waals surface area contributed by atoms with Crippen molar-refractivity contribution in [1.29, 1.82) is 0 Å². The Morgan fingerprint density at radius 2 is 1.86 bits per heavy atom. The Hall–Kier alpha value is -1.88. The molecule has 0 bridgehead atoms. The second kappa shape index (κ2) is 7.94. The molecule has 0 unspecified atom stereocenters. The number of carbonyl (C=O) groups is 2. The fourth-order valence-electron chi connectivity index (χ4n) is 2.63. The van der Waals surface area contributed by atoms with Gasteiger partial charge in [0.25, 0.3) is 0 Å². The van der Waals surface area contributed by atoms with Gasteiger partial charge in [0, 0.05) is 5.69 Å². The fraction of sp³-hybridized carbons (Fsp3) is 0.529. The summed E-state index contributed by atoms with van der Waals surface area (Å²) in [4.78, 5) is 25.8. The molecule has 0 aromatic heterocycles. The van der Waals surface area contributed by atoms with Crippen LogP contribution in [0.2, 0.25) is 0 Å². The van der Waals surface area contributed by atoms with E-state index in [1.54, 1.807) is 0 Å². The average Bonchev–Trinajstić information content (AvgIpc) is 2.50. The normalized spacial score (nSPS) is 16.3. The molecule has 22 heavy (non-hydrogen) atoms. The van der Waals surface area contributed by atoms with E-state index in [-0.39, 0.29) is 17.8 Å². The van der Waals surface area contributed by atoms with Crippen molar-refractivity contribution in [2.75, 3.05) is 31.6 Å². The van der Waals surface area contributed by atoms with Gasteiger partial charge in [-0.25, -0.2) is 0 Å². The molecule has 2 rings (SSSR count). The van der Waals surface area contributed by atoms with Crippen LogP contribution >= 0.6 is 0 Å². The third-order valence-corrected chi connectivity index (χ3v) is 3.91. The number of amides is 1. The van der Waals surface area contributed by atoms with E-state index >= 15 is 0 Å². The number of benzene rings is 1. The molecule has 1 aliphatic heterocycles. The number of esters is 1. The van der Waals surface area contributed by atoms with Crippen molar-refractivity contribution in [3.8, 4) is 0 Å². The van der Waals surface area contributed by atoms with E-state index in [1.807, 2.05) is 38.1 Å². The molecule has 1 amide bonds. The van der Waals surface area contributed by atoms with Gasteiger partial charge in [-0.3, -0.25) is 14.5 Å². The van der Waals surface area contributed by atoms with Gasteiger partial charge in [0.2, 0.25) is 5.91 Å². The molecule has 1 heterocycles. The highest BCUT2D eigenvalue weighted by molar-refractivity contribution is 5.92. The molecule has 1 aliphatic rings. The zero-order valence-electron chi connectivity index (χ0n) is 13.3. The summed E-state index contributed by atoms with van der Waals surface area (Å²) in [6.07, 6.45) is 1.52. The van der Waals surface area contributed by atoms with Crippen LogP contribution in [0.4, 0.5) is 5.69 Å². The second-order valence-electron chi connectivity index (χ2n) is 5.72. The number of hydrogen-bond donors (Lipinski definition) is 1. The van der Waals surface area contributed by atoms with Gasteiger partial charge in [0.1, 0.15) is 0 Å². The minimum Gasteiger partial charge on any atom is -0.466 e. The van der Waals surface area contributed by atoms with Crippen molar-refractivity contribution in [3.63, 3.8) is 0 Å². The van der Waals surface area contributed by atoms with Crippen LogP contribution in [-0.2, 0) is 14.3 Å². The molecular formula is C17H24N2O3. The Balaban J connectivity index is 1.74. The lowest BCUT2D eigenvalue weighted by Crippen LogP contribution is -2.41. The zero-order valence-corrected chi connectivity index (χ0v) is 13.3. The van der Waals surface area contributed by atoms with Crippen LogP contribution in [0.25, 0.3) is 0 Å². The number of likely N-dealkylation sites (tertiary alicyclic amines) is 1. The summed E-state index contributed by atoms with van der Waals surface area (Å²) in [6.45, 7) is 6.14. The standard InChI is InChI=1S/C17H24N2O3/c1-3-22-17(21)14-8-10-19(11-9-14)12-16(20)18-15-6-4-13(2)5-7-15/h4-7,14H,3,8-12H2,1-2H3,(H,18,20). The summed E-state index contributed by atoms with van der Waals surface area (Å²) in [7, 11) is 0. The third-order valence-electron chi connectivity index (χ3n) is 3.91. The monoisotopic (exact) mass is 304 g/mol. The summed E-state index contributed by atoms with van der Waals surface area (Å²) in [5.74, 6) is -0.138. The van der Waals surface area contributed by atoms with Crippen molar-refractivity contribution in [2.24, 2.45) is 5.92 Å². The Morgan fingerprint density at radius 3 is 2.45 bits per heavy atom. The van der Waals surface area contributed by atoms with E-state index in [0.717, 1.165) is 31.6 Å². The maximum Gasteiger partial charge on any atom is 0.309 e. The Kier molecular flexibility index (Phi) is 5.95. The Morgan fingerprint density at radius 1 is 1.23 bits per heavy atom. The topological polar surface area (TPSA) is 58.6 Å². The van der Waals surface area contributed by atoms with Gasteiger partial charge in [0.05, 0.1) is 19.1 Å². The van der Waals surface area contributed by atoms with E-state index in [1.165, 1.54) is 5.56 Å². The number of rotatable bonds is 5. The minimum atomic E-state index is -0.105. The predicted molar refractivity (Wildman–Crippen MR) is 85.6 cm³/mol. The lowest BCUT2D eigenvalue weighted by molar-refractivity contribution is -0.149. The van der Waals surface area contributed by atoms with E-state index in [2.05, 4.69) is 10.2 Å². The quantitative estimate of drug-likeness (QED) is 0.847. The molecule has 5 heteroatoms. The SMILES string of the molecule is CCOC(=O)C1CCN(CC(=O)Nc2ccc(C)cc2)CC1. The third kappa shape index (κ3) is 4.84. The molecule has 1 saturated heterocycles. The maximum atomic E-state index is 12.0. The number of piperidine rings is 1. The number of carbonyl (C=O) groups excluding carboxylic acids is 2. The van der Waals surface area contributed by atoms with Crippen LogP contribution in [0.1, 0.15) is 25.3 Å². The number of aryl methyl sites for hydroxylation is 1. The highest BCUT2D eigenvalue weighted by Gasteiger charge is 2.26. The highest BCUT2D eigenvalue weighted by atomic mass is 16.5. The smallest absolute Gasteiger partial charge is 0.309 e. The zero-order chi connectivity index (χ0) is 15.9. The molecule has 1 aromatic carbocycles. The highest BCUT2D eigenvalue weighted by Crippen LogP contribution is 2.18. The van der Waals surface area contributed by atoms with Gasteiger partial charge in [-0.2, -0.15) is 0 Å². The first-order valence-electron chi connectivity index (χ1n) is 7.84. The van der Waals surface area contributed by atoms with Gasteiger partial charge in [0.15, 0.2) is 0 Å². The molecular weight excluding hydrogens is 280 g/mol. The van der Waals surface area contributed by atoms with Gasteiger partial charge >= 0.3 is 5.97 Å². The minimum absolute atomic E-state index is 0.0153. The summed E-state index contributed by atoms with van der Waals surface area (Å²) >= 11 is 0. The number of hydrogen-bond acceptors (Lipinski definition) is 4. The van der Waals surface area contributed by atoms with Gasteiger partial charge in [-0.1, -0.05) is 17.7 Å². The summed E-state index contributed by atoms with van der Waals surface area (Å²) in [6, 6.07) is 7.75. The molecule has 1 N–H and O–H groups in total. The van der Waals surface area contributed by atoms with Crippen molar-refractivity contribution >= 4 is 17.6 Å². The Labute approximate surface area is 131 Å². The first kappa shape index (κ1) is 16.5. The number of nitrogens with zero attached hydrogens (tertiary/aromatic N) is 1. The molecule has 0 radical (unpaired) electrons. The van der Waals surface area contributed by atoms with Crippen LogP contribution in [0, 0.1) is 12.8 Å².